The molecule has 0 saturated heterocycles. The summed E-state index contributed by atoms with van der Waals surface area (Å²) in [6.45, 7) is 4.21. The van der Waals surface area contributed by atoms with E-state index in [4.69, 9.17) is 4.42 Å². The first kappa shape index (κ1) is 21.1. The molecule has 0 bridgehead atoms. The van der Waals surface area contributed by atoms with Gasteiger partial charge in [-0.05, 0) is 54.8 Å². The van der Waals surface area contributed by atoms with Crippen molar-refractivity contribution in [1.82, 2.24) is 29.9 Å². The minimum absolute atomic E-state index is 0.501. The molecule has 5 rings (SSSR count). The smallest absolute Gasteiger partial charge is 0.226 e. The lowest BCUT2D eigenvalue weighted by Gasteiger charge is -2.11. The SMILES string of the molecule is Cc1ccc(-n2c(SCc3nnc(Cc4ccccc4)o3)nnc2-c2ccncc2)cc1C. The topological polar surface area (TPSA) is 82.5 Å². The lowest BCUT2D eigenvalue weighted by molar-refractivity contribution is 0.474. The van der Waals surface area contributed by atoms with Crippen molar-refractivity contribution in [2.24, 2.45) is 0 Å². The van der Waals surface area contributed by atoms with Crippen molar-refractivity contribution < 1.29 is 4.42 Å². The summed E-state index contributed by atoms with van der Waals surface area (Å²) in [7, 11) is 0. The molecule has 3 heterocycles. The summed E-state index contributed by atoms with van der Waals surface area (Å²) in [6.07, 6.45) is 4.13. The van der Waals surface area contributed by atoms with Crippen molar-refractivity contribution in [3.05, 3.63) is 102 Å². The number of aryl methyl sites for hydroxylation is 2. The summed E-state index contributed by atoms with van der Waals surface area (Å²) < 4.78 is 7.94. The number of benzene rings is 2. The lowest BCUT2D eigenvalue weighted by Crippen LogP contribution is -2.01. The number of pyridine rings is 1. The Labute approximate surface area is 195 Å². The van der Waals surface area contributed by atoms with Crippen LogP contribution >= 0.6 is 11.8 Å². The Hall–Kier alpha value is -3.78. The first-order valence-electron chi connectivity index (χ1n) is 10.6. The zero-order valence-corrected chi connectivity index (χ0v) is 19.2. The molecule has 2 aromatic carbocycles. The number of hydrogen-bond donors (Lipinski definition) is 0. The average Bonchev–Trinajstić information content (AvgIpc) is 3.47. The Morgan fingerprint density at radius 1 is 0.818 bits per heavy atom. The molecule has 0 saturated carbocycles. The van der Waals surface area contributed by atoms with Gasteiger partial charge in [-0.3, -0.25) is 9.55 Å². The number of hydrogen-bond acceptors (Lipinski definition) is 7. The molecule has 0 N–H and O–H groups in total. The summed E-state index contributed by atoms with van der Waals surface area (Å²) >= 11 is 1.52. The molecule has 0 spiro atoms. The molecule has 33 heavy (non-hydrogen) atoms. The zero-order chi connectivity index (χ0) is 22.6. The third kappa shape index (κ3) is 4.70. The Morgan fingerprint density at radius 3 is 2.39 bits per heavy atom. The molecule has 0 radical (unpaired) electrons. The summed E-state index contributed by atoms with van der Waals surface area (Å²) in [4.78, 5) is 4.12. The molecule has 3 aromatic heterocycles. The van der Waals surface area contributed by atoms with Crippen molar-refractivity contribution in [1.29, 1.82) is 0 Å². The van der Waals surface area contributed by atoms with E-state index in [1.54, 1.807) is 12.4 Å². The Kier molecular flexibility index (Phi) is 5.99. The van der Waals surface area contributed by atoms with Crippen LogP contribution in [-0.4, -0.2) is 29.9 Å². The molecule has 0 fully saturated rings. The van der Waals surface area contributed by atoms with Crippen molar-refractivity contribution >= 4 is 11.8 Å². The maximum atomic E-state index is 5.87. The van der Waals surface area contributed by atoms with E-state index in [0.717, 1.165) is 27.8 Å². The van der Waals surface area contributed by atoms with Gasteiger partial charge in [0.25, 0.3) is 0 Å². The largest absolute Gasteiger partial charge is 0.424 e. The second kappa shape index (κ2) is 9.38. The Bertz CT molecular complexity index is 1360. The summed E-state index contributed by atoms with van der Waals surface area (Å²) in [5.41, 5.74) is 5.54. The van der Waals surface area contributed by atoms with Crippen molar-refractivity contribution in [2.75, 3.05) is 0 Å². The molecule has 0 unspecified atom stereocenters. The number of aromatic nitrogens is 6. The monoisotopic (exact) mass is 454 g/mol. The molecule has 0 aliphatic carbocycles. The van der Waals surface area contributed by atoms with Crippen LogP contribution in [0.3, 0.4) is 0 Å². The fourth-order valence-corrected chi connectivity index (χ4v) is 4.25. The van der Waals surface area contributed by atoms with Crippen LogP contribution in [0.15, 0.2) is 82.6 Å². The van der Waals surface area contributed by atoms with Crippen molar-refractivity contribution in [3.63, 3.8) is 0 Å². The van der Waals surface area contributed by atoms with Crippen LogP contribution in [0.1, 0.15) is 28.5 Å². The van der Waals surface area contributed by atoms with Crippen LogP contribution < -0.4 is 0 Å². The van der Waals surface area contributed by atoms with E-state index in [1.807, 2.05) is 42.5 Å². The molecule has 5 aromatic rings. The van der Waals surface area contributed by atoms with Gasteiger partial charge in [-0.2, -0.15) is 0 Å². The van der Waals surface area contributed by atoms with Gasteiger partial charge in [0, 0.05) is 18.0 Å². The van der Waals surface area contributed by atoms with E-state index in [1.165, 1.54) is 22.9 Å². The van der Waals surface area contributed by atoms with Crippen LogP contribution in [0.4, 0.5) is 0 Å². The van der Waals surface area contributed by atoms with Gasteiger partial charge in [-0.25, -0.2) is 0 Å². The van der Waals surface area contributed by atoms with Crippen LogP contribution in [0.2, 0.25) is 0 Å². The van der Waals surface area contributed by atoms with Crippen molar-refractivity contribution in [3.8, 4) is 17.1 Å². The number of thioether (sulfide) groups is 1. The highest BCUT2D eigenvalue weighted by Gasteiger charge is 2.18. The number of nitrogens with zero attached hydrogens (tertiary/aromatic N) is 6. The standard InChI is InChI=1S/C25H22N6OS/c1-17-8-9-21(14-18(17)2)31-24(20-10-12-26-13-11-20)29-30-25(31)33-16-23-28-27-22(32-23)15-19-6-4-3-5-7-19/h3-14H,15-16H2,1-2H3. The fourth-order valence-electron chi connectivity index (χ4n) is 3.46. The van der Waals surface area contributed by atoms with Gasteiger partial charge in [-0.1, -0.05) is 48.2 Å². The van der Waals surface area contributed by atoms with Gasteiger partial charge in [0.15, 0.2) is 11.0 Å². The molecule has 0 atom stereocenters. The third-order valence-corrected chi connectivity index (χ3v) is 6.27. The van der Waals surface area contributed by atoms with E-state index in [2.05, 4.69) is 62.0 Å². The van der Waals surface area contributed by atoms with Gasteiger partial charge in [0.2, 0.25) is 11.8 Å². The van der Waals surface area contributed by atoms with Crippen LogP contribution in [0, 0.1) is 13.8 Å². The van der Waals surface area contributed by atoms with E-state index < -0.39 is 0 Å². The minimum Gasteiger partial charge on any atom is -0.424 e. The Balaban J connectivity index is 1.41. The van der Waals surface area contributed by atoms with E-state index in [-0.39, 0.29) is 0 Å². The van der Waals surface area contributed by atoms with Gasteiger partial charge in [-0.15, -0.1) is 20.4 Å². The highest BCUT2D eigenvalue weighted by molar-refractivity contribution is 7.98. The number of rotatable bonds is 7. The molecule has 0 amide bonds. The van der Waals surface area contributed by atoms with E-state index >= 15 is 0 Å². The fraction of sp³-hybridized carbons (Fsp3) is 0.160. The third-order valence-electron chi connectivity index (χ3n) is 5.35. The first-order valence-corrected chi connectivity index (χ1v) is 11.6. The summed E-state index contributed by atoms with van der Waals surface area (Å²) in [6, 6.07) is 20.3. The van der Waals surface area contributed by atoms with Gasteiger partial charge in [0.1, 0.15) is 0 Å². The molecule has 0 aliphatic heterocycles. The highest BCUT2D eigenvalue weighted by atomic mass is 32.2. The normalized spacial score (nSPS) is 11.1. The van der Waals surface area contributed by atoms with Crippen LogP contribution in [-0.2, 0) is 12.2 Å². The van der Waals surface area contributed by atoms with Crippen molar-refractivity contribution in [2.45, 2.75) is 31.2 Å². The second-order valence-corrected chi connectivity index (χ2v) is 8.63. The maximum Gasteiger partial charge on any atom is 0.226 e. The van der Waals surface area contributed by atoms with E-state index in [9.17, 15) is 0 Å². The summed E-state index contributed by atoms with van der Waals surface area (Å²) in [5, 5.41) is 18.1. The molecular weight excluding hydrogens is 432 g/mol. The van der Waals surface area contributed by atoms with Gasteiger partial charge < -0.3 is 4.42 Å². The predicted molar refractivity (Wildman–Crippen MR) is 127 cm³/mol. The maximum absolute atomic E-state index is 5.87. The molecule has 0 aliphatic rings. The van der Waals surface area contributed by atoms with Gasteiger partial charge in [0.05, 0.1) is 17.9 Å². The Morgan fingerprint density at radius 2 is 1.61 bits per heavy atom. The minimum atomic E-state index is 0.501. The second-order valence-electron chi connectivity index (χ2n) is 7.69. The van der Waals surface area contributed by atoms with E-state index in [0.29, 0.717) is 24.0 Å². The molecular formula is C25H22N6OS. The molecule has 7 nitrogen and oxygen atoms in total. The quantitative estimate of drug-likeness (QED) is 0.312. The predicted octanol–water partition coefficient (Wildman–Crippen LogP) is 5.21. The zero-order valence-electron chi connectivity index (χ0n) is 18.3. The lowest BCUT2D eigenvalue weighted by atomic mass is 10.1. The van der Waals surface area contributed by atoms with Gasteiger partial charge >= 0.3 is 0 Å². The van der Waals surface area contributed by atoms with Crippen LogP contribution in [0.5, 0.6) is 0 Å². The molecule has 164 valence electrons. The summed E-state index contributed by atoms with van der Waals surface area (Å²) in [5.74, 6) is 2.43. The van der Waals surface area contributed by atoms with Crippen LogP contribution in [0.25, 0.3) is 17.1 Å². The average molecular weight is 455 g/mol. The first-order chi connectivity index (χ1) is 16.2. The molecule has 8 heteroatoms. The highest BCUT2D eigenvalue weighted by Crippen LogP contribution is 2.30.